The van der Waals surface area contributed by atoms with Crippen molar-refractivity contribution in [3.63, 3.8) is 0 Å². The number of carbonyl (C=O) groups is 2. The van der Waals surface area contributed by atoms with Crippen LogP contribution in [-0.4, -0.2) is 67.8 Å². The van der Waals surface area contributed by atoms with Gasteiger partial charge in [0.25, 0.3) is 5.91 Å². The van der Waals surface area contributed by atoms with Crippen molar-refractivity contribution in [1.82, 2.24) is 14.8 Å². The van der Waals surface area contributed by atoms with Gasteiger partial charge in [0.15, 0.2) is 6.23 Å². The molecule has 2 rings (SSSR count). The van der Waals surface area contributed by atoms with Crippen molar-refractivity contribution in [3.8, 4) is 0 Å². The second-order valence-corrected chi connectivity index (χ2v) is 4.88. The van der Waals surface area contributed by atoms with Crippen LogP contribution in [0, 0.1) is 0 Å². The Morgan fingerprint density at radius 1 is 1.50 bits per heavy atom. The van der Waals surface area contributed by atoms with Gasteiger partial charge in [0.05, 0.1) is 0 Å². The molecule has 0 bridgehead atoms. The minimum absolute atomic E-state index is 0.253. The first-order chi connectivity index (χ1) is 10.3. The van der Waals surface area contributed by atoms with E-state index in [2.05, 4.69) is 10.1 Å². The van der Waals surface area contributed by atoms with E-state index < -0.39 is 42.5 Å². The molecule has 1 aromatic rings. The second kappa shape index (κ2) is 6.36. The SMILES string of the molecule is C[C@H](N)C(=O)OCC1OC(n2cnc(C(N)=O)n2)C(O)[C@@H]1O. The maximum atomic E-state index is 11.3. The van der Waals surface area contributed by atoms with Crippen LogP contribution in [0.2, 0.25) is 0 Å². The fourth-order valence-electron chi connectivity index (χ4n) is 1.89. The lowest BCUT2D eigenvalue weighted by atomic mass is 10.1. The molecular weight excluding hydrogens is 298 g/mol. The topological polar surface area (TPSA) is 176 Å². The lowest BCUT2D eigenvalue weighted by Crippen LogP contribution is -2.36. The van der Waals surface area contributed by atoms with Crippen LogP contribution in [0.15, 0.2) is 6.33 Å². The van der Waals surface area contributed by atoms with E-state index in [9.17, 15) is 19.8 Å². The van der Waals surface area contributed by atoms with Gasteiger partial charge < -0.3 is 31.2 Å². The Morgan fingerprint density at radius 2 is 2.18 bits per heavy atom. The minimum Gasteiger partial charge on any atom is -0.462 e. The highest BCUT2D eigenvalue weighted by Gasteiger charge is 2.45. The zero-order valence-electron chi connectivity index (χ0n) is 11.7. The zero-order chi connectivity index (χ0) is 16.4. The normalized spacial score (nSPS) is 29.3. The van der Waals surface area contributed by atoms with Crippen molar-refractivity contribution >= 4 is 11.9 Å². The lowest BCUT2D eigenvalue weighted by Gasteiger charge is -2.15. The molecule has 0 aliphatic carbocycles. The van der Waals surface area contributed by atoms with Crippen molar-refractivity contribution in [2.75, 3.05) is 6.61 Å². The molecule has 1 fully saturated rings. The van der Waals surface area contributed by atoms with Crippen molar-refractivity contribution in [2.24, 2.45) is 11.5 Å². The summed E-state index contributed by atoms with van der Waals surface area (Å²) in [7, 11) is 0. The van der Waals surface area contributed by atoms with Gasteiger partial charge in [-0.3, -0.25) is 9.59 Å². The molecule has 22 heavy (non-hydrogen) atoms. The van der Waals surface area contributed by atoms with Crippen LogP contribution in [-0.2, 0) is 14.3 Å². The number of hydrogen-bond acceptors (Lipinski definition) is 9. The van der Waals surface area contributed by atoms with Crippen LogP contribution in [0.1, 0.15) is 23.8 Å². The Labute approximate surface area is 124 Å². The van der Waals surface area contributed by atoms with Gasteiger partial charge >= 0.3 is 5.97 Å². The number of aliphatic hydroxyl groups excluding tert-OH is 2. The number of rotatable bonds is 5. The van der Waals surface area contributed by atoms with Gasteiger partial charge in [0.2, 0.25) is 5.82 Å². The molecule has 11 heteroatoms. The van der Waals surface area contributed by atoms with Gasteiger partial charge in [0, 0.05) is 0 Å². The van der Waals surface area contributed by atoms with Crippen molar-refractivity contribution in [1.29, 1.82) is 0 Å². The van der Waals surface area contributed by atoms with Crippen LogP contribution < -0.4 is 11.5 Å². The molecule has 0 saturated carbocycles. The van der Waals surface area contributed by atoms with Gasteiger partial charge in [-0.25, -0.2) is 9.67 Å². The van der Waals surface area contributed by atoms with Gasteiger partial charge in [-0.1, -0.05) is 0 Å². The molecule has 11 nitrogen and oxygen atoms in total. The highest BCUT2D eigenvalue weighted by Crippen LogP contribution is 2.28. The zero-order valence-corrected chi connectivity index (χ0v) is 11.7. The molecule has 1 amide bonds. The largest absolute Gasteiger partial charge is 0.462 e. The molecule has 5 atom stereocenters. The average molecular weight is 315 g/mol. The van der Waals surface area contributed by atoms with E-state index in [1.807, 2.05) is 0 Å². The van der Waals surface area contributed by atoms with E-state index in [0.717, 1.165) is 11.0 Å². The predicted molar refractivity (Wildman–Crippen MR) is 69.1 cm³/mol. The molecule has 1 aromatic heterocycles. The summed E-state index contributed by atoms with van der Waals surface area (Å²) in [5, 5.41) is 23.6. The fraction of sp³-hybridized carbons (Fsp3) is 0.636. The number of nitrogens with two attached hydrogens (primary N) is 2. The molecule has 1 aliphatic heterocycles. The molecule has 122 valence electrons. The van der Waals surface area contributed by atoms with Crippen LogP contribution in [0.25, 0.3) is 0 Å². The Bertz CT molecular complexity index is 561. The van der Waals surface area contributed by atoms with E-state index in [-0.39, 0.29) is 12.4 Å². The second-order valence-electron chi connectivity index (χ2n) is 4.88. The summed E-state index contributed by atoms with van der Waals surface area (Å²) in [6.07, 6.45) is -3.58. The first-order valence-electron chi connectivity index (χ1n) is 6.46. The Morgan fingerprint density at radius 3 is 2.73 bits per heavy atom. The summed E-state index contributed by atoms with van der Waals surface area (Å²) in [4.78, 5) is 25.9. The van der Waals surface area contributed by atoms with E-state index in [4.69, 9.17) is 20.9 Å². The highest BCUT2D eigenvalue weighted by atomic mass is 16.6. The number of aromatic nitrogens is 3. The molecule has 6 N–H and O–H groups in total. The first-order valence-corrected chi connectivity index (χ1v) is 6.46. The first kappa shape index (κ1) is 16.3. The third-order valence-corrected chi connectivity index (χ3v) is 3.09. The number of ether oxygens (including phenoxy) is 2. The summed E-state index contributed by atoms with van der Waals surface area (Å²) >= 11 is 0. The van der Waals surface area contributed by atoms with Gasteiger partial charge in [-0.2, -0.15) is 0 Å². The Kier molecular flexibility index (Phi) is 4.71. The number of amides is 1. The number of aliphatic hydroxyl groups is 2. The van der Waals surface area contributed by atoms with Crippen molar-refractivity contribution in [2.45, 2.75) is 37.5 Å². The quantitative estimate of drug-likeness (QED) is 0.409. The molecule has 3 unspecified atom stereocenters. The molecular formula is C11H17N5O6. The third-order valence-electron chi connectivity index (χ3n) is 3.09. The summed E-state index contributed by atoms with van der Waals surface area (Å²) in [5.74, 6) is -1.75. The predicted octanol–water partition coefficient (Wildman–Crippen LogP) is -3.11. The van der Waals surface area contributed by atoms with Crippen LogP contribution in [0.3, 0.4) is 0 Å². The maximum Gasteiger partial charge on any atom is 0.322 e. The number of nitrogens with zero attached hydrogens (tertiary/aromatic N) is 3. The molecule has 2 heterocycles. The van der Waals surface area contributed by atoms with Gasteiger partial charge in [-0.15, -0.1) is 5.10 Å². The number of carbonyl (C=O) groups excluding carboxylic acids is 2. The molecule has 0 radical (unpaired) electrons. The van der Waals surface area contributed by atoms with Gasteiger partial charge in [-0.05, 0) is 6.92 Å². The summed E-state index contributed by atoms with van der Waals surface area (Å²) < 4.78 is 11.3. The van der Waals surface area contributed by atoms with Crippen LogP contribution in [0.4, 0.5) is 0 Å². The highest BCUT2D eigenvalue weighted by molar-refractivity contribution is 5.88. The molecule has 1 saturated heterocycles. The summed E-state index contributed by atoms with van der Waals surface area (Å²) in [5.41, 5.74) is 10.4. The third kappa shape index (κ3) is 3.22. The lowest BCUT2D eigenvalue weighted by molar-refractivity contribution is -0.151. The number of hydrogen-bond donors (Lipinski definition) is 4. The number of esters is 1. The van der Waals surface area contributed by atoms with E-state index in [1.165, 1.54) is 6.92 Å². The average Bonchev–Trinajstić information content (AvgIpc) is 3.04. The minimum atomic E-state index is -1.35. The van der Waals surface area contributed by atoms with Crippen molar-refractivity contribution in [3.05, 3.63) is 12.2 Å². The monoisotopic (exact) mass is 315 g/mol. The molecule has 1 aliphatic rings. The fourth-order valence-corrected chi connectivity index (χ4v) is 1.89. The molecule has 0 aromatic carbocycles. The Hall–Kier alpha value is -2.08. The van der Waals surface area contributed by atoms with Crippen LogP contribution >= 0.6 is 0 Å². The number of primary amides is 1. The Balaban J connectivity index is 2.03. The summed E-state index contributed by atoms with van der Waals surface area (Å²) in [6.45, 7) is 1.17. The van der Waals surface area contributed by atoms with E-state index in [0.29, 0.717) is 0 Å². The van der Waals surface area contributed by atoms with E-state index >= 15 is 0 Å². The summed E-state index contributed by atoms with van der Waals surface area (Å²) in [6, 6.07) is -0.812. The van der Waals surface area contributed by atoms with Crippen LogP contribution in [0.5, 0.6) is 0 Å². The standard InChI is InChI=1S/C11H17N5O6/c1-4(12)11(20)21-2-5-6(17)7(18)10(22-5)16-3-14-9(15-16)8(13)19/h3-7,10,17-18H,2,12H2,1H3,(H2,13,19)/t4-,5?,6+,7?,10?/m0/s1. The smallest absolute Gasteiger partial charge is 0.322 e. The van der Waals surface area contributed by atoms with Gasteiger partial charge in [0.1, 0.15) is 37.3 Å². The van der Waals surface area contributed by atoms with E-state index in [1.54, 1.807) is 0 Å². The van der Waals surface area contributed by atoms with Crippen molar-refractivity contribution < 1.29 is 29.3 Å². The maximum absolute atomic E-state index is 11.3. The molecule has 0 spiro atoms.